The van der Waals surface area contributed by atoms with Gasteiger partial charge in [0.15, 0.2) is 0 Å². The average molecular weight is 252 g/mol. The van der Waals surface area contributed by atoms with E-state index in [4.69, 9.17) is 10.5 Å². The predicted octanol–water partition coefficient (Wildman–Crippen LogP) is 1.58. The Balaban J connectivity index is 2.37. The molecule has 0 saturated heterocycles. The van der Waals surface area contributed by atoms with Crippen LogP contribution in [0.25, 0.3) is 0 Å². The zero-order valence-corrected chi connectivity index (χ0v) is 9.96. The first kappa shape index (κ1) is 13.9. The van der Waals surface area contributed by atoms with Gasteiger partial charge in [-0.3, -0.25) is 10.1 Å². The fourth-order valence-corrected chi connectivity index (χ4v) is 1.24. The lowest BCUT2D eigenvalue weighted by molar-refractivity contribution is -0.384. The van der Waals surface area contributed by atoms with Crippen molar-refractivity contribution in [2.75, 3.05) is 30.8 Å². The molecule has 0 radical (unpaired) electrons. The summed E-state index contributed by atoms with van der Waals surface area (Å²) in [6, 6.07) is 2.83. The molecule has 98 valence electrons. The molecule has 1 rings (SSSR count). The topological polar surface area (TPSA) is 103 Å². The van der Waals surface area contributed by atoms with Gasteiger partial charge < -0.3 is 15.8 Å². The maximum absolute atomic E-state index is 10.5. The number of anilines is 2. The number of aromatic nitrogens is 1. The molecular formula is C11H16N4O3. The molecule has 0 spiro atoms. The number of nitrogen functional groups attached to an aromatic ring is 1. The Morgan fingerprint density at radius 3 is 2.94 bits per heavy atom. The van der Waals surface area contributed by atoms with E-state index >= 15 is 0 Å². The molecule has 18 heavy (non-hydrogen) atoms. The summed E-state index contributed by atoms with van der Waals surface area (Å²) in [5.41, 5.74) is 5.27. The molecule has 0 bridgehead atoms. The second-order valence-corrected chi connectivity index (χ2v) is 3.47. The van der Waals surface area contributed by atoms with Crippen molar-refractivity contribution in [3.8, 4) is 0 Å². The van der Waals surface area contributed by atoms with E-state index in [2.05, 4.69) is 16.9 Å². The van der Waals surface area contributed by atoms with E-state index in [0.717, 1.165) is 6.42 Å². The van der Waals surface area contributed by atoms with Crippen molar-refractivity contribution >= 4 is 17.3 Å². The van der Waals surface area contributed by atoms with Crippen molar-refractivity contribution in [3.05, 3.63) is 34.9 Å². The van der Waals surface area contributed by atoms with Crippen molar-refractivity contribution in [1.29, 1.82) is 0 Å². The van der Waals surface area contributed by atoms with Crippen LogP contribution < -0.4 is 11.1 Å². The highest BCUT2D eigenvalue weighted by molar-refractivity contribution is 5.57. The normalized spacial score (nSPS) is 10.0. The molecule has 0 aliphatic rings. The van der Waals surface area contributed by atoms with E-state index in [0.29, 0.717) is 25.6 Å². The number of nitro groups is 1. The standard InChI is InChI=1S/C11H16N4O3/c1-2-3-7-18-8-6-13-10-5-4-9(15(16)17)11(12)14-10/h2,4-5H,1,3,6-8H2,(H3,12,13,14). The highest BCUT2D eigenvalue weighted by Gasteiger charge is 2.12. The Kier molecular flexibility index (Phi) is 5.59. The van der Waals surface area contributed by atoms with Crippen molar-refractivity contribution in [1.82, 2.24) is 4.98 Å². The monoisotopic (exact) mass is 252 g/mol. The van der Waals surface area contributed by atoms with E-state index in [9.17, 15) is 10.1 Å². The number of rotatable bonds is 8. The average Bonchev–Trinajstić information content (AvgIpc) is 2.33. The number of hydrogen-bond donors (Lipinski definition) is 2. The number of nitrogens with one attached hydrogen (secondary N) is 1. The minimum atomic E-state index is -0.565. The summed E-state index contributed by atoms with van der Waals surface area (Å²) in [4.78, 5) is 13.8. The van der Waals surface area contributed by atoms with E-state index in [-0.39, 0.29) is 11.5 Å². The molecule has 7 heteroatoms. The number of nitrogens with two attached hydrogens (primary N) is 1. The molecule has 0 unspecified atom stereocenters. The highest BCUT2D eigenvalue weighted by Crippen LogP contribution is 2.20. The van der Waals surface area contributed by atoms with Crippen LogP contribution in [0.2, 0.25) is 0 Å². The Morgan fingerprint density at radius 1 is 1.56 bits per heavy atom. The summed E-state index contributed by atoms with van der Waals surface area (Å²) >= 11 is 0. The molecule has 3 N–H and O–H groups in total. The molecule has 0 aromatic carbocycles. The smallest absolute Gasteiger partial charge is 0.311 e. The zero-order chi connectivity index (χ0) is 13.4. The fourth-order valence-electron chi connectivity index (χ4n) is 1.24. The van der Waals surface area contributed by atoms with Crippen molar-refractivity contribution in [2.24, 2.45) is 0 Å². The molecular weight excluding hydrogens is 236 g/mol. The Morgan fingerprint density at radius 2 is 2.33 bits per heavy atom. The summed E-state index contributed by atoms with van der Waals surface area (Å²) < 4.78 is 5.29. The van der Waals surface area contributed by atoms with Crippen molar-refractivity contribution in [3.63, 3.8) is 0 Å². The third-order valence-corrected chi connectivity index (χ3v) is 2.12. The summed E-state index contributed by atoms with van der Waals surface area (Å²) in [7, 11) is 0. The molecule has 1 aromatic rings. The number of nitrogens with zero attached hydrogens (tertiary/aromatic N) is 2. The number of pyridine rings is 1. The molecule has 1 aromatic heterocycles. The van der Waals surface area contributed by atoms with Crippen LogP contribution in [0.1, 0.15) is 6.42 Å². The van der Waals surface area contributed by atoms with Crippen molar-refractivity contribution < 1.29 is 9.66 Å². The SMILES string of the molecule is C=CCCOCCNc1ccc([N+](=O)[O-])c(N)n1. The van der Waals surface area contributed by atoms with Crippen LogP contribution in [0.5, 0.6) is 0 Å². The molecule has 0 fully saturated rings. The Labute approximate surface area is 105 Å². The lowest BCUT2D eigenvalue weighted by Gasteiger charge is -2.06. The maximum atomic E-state index is 10.5. The summed E-state index contributed by atoms with van der Waals surface area (Å²) in [5, 5.41) is 13.5. The number of ether oxygens (including phenoxy) is 1. The van der Waals surface area contributed by atoms with E-state index in [1.807, 2.05) is 0 Å². The van der Waals surface area contributed by atoms with Crippen LogP contribution in [0.3, 0.4) is 0 Å². The van der Waals surface area contributed by atoms with Gasteiger partial charge in [0.05, 0.1) is 18.1 Å². The highest BCUT2D eigenvalue weighted by atomic mass is 16.6. The van der Waals surface area contributed by atoms with Gasteiger partial charge in [-0.25, -0.2) is 4.98 Å². The van der Waals surface area contributed by atoms with Crippen LogP contribution in [-0.2, 0) is 4.74 Å². The van der Waals surface area contributed by atoms with Gasteiger partial charge in [-0.05, 0) is 12.5 Å². The second-order valence-electron chi connectivity index (χ2n) is 3.47. The van der Waals surface area contributed by atoms with E-state index < -0.39 is 4.92 Å². The van der Waals surface area contributed by atoms with Crippen LogP contribution in [0.4, 0.5) is 17.3 Å². The van der Waals surface area contributed by atoms with E-state index in [1.54, 1.807) is 6.08 Å². The lowest BCUT2D eigenvalue weighted by Crippen LogP contribution is -2.11. The third-order valence-electron chi connectivity index (χ3n) is 2.12. The van der Waals surface area contributed by atoms with Crippen LogP contribution in [-0.4, -0.2) is 29.7 Å². The summed E-state index contributed by atoms with van der Waals surface area (Å²) in [6.07, 6.45) is 2.59. The second kappa shape index (κ2) is 7.23. The van der Waals surface area contributed by atoms with Crippen molar-refractivity contribution in [2.45, 2.75) is 6.42 Å². The minimum absolute atomic E-state index is 0.0995. The first-order valence-electron chi connectivity index (χ1n) is 5.48. The molecule has 0 amide bonds. The Hall–Kier alpha value is -2.15. The largest absolute Gasteiger partial charge is 0.379 e. The molecule has 0 aliphatic heterocycles. The summed E-state index contributed by atoms with van der Waals surface area (Å²) in [6.45, 7) is 5.29. The van der Waals surface area contributed by atoms with Gasteiger partial charge in [-0.15, -0.1) is 6.58 Å². The van der Waals surface area contributed by atoms with Crippen LogP contribution in [0.15, 0.2) is 24.8 Å². The van der Waals surface area contributed by atoms with Gasteiger partial charge in [0.2, 0.25) is 5.82 Å². The number of hydrogen-bond acceptors (Lipinski definition) is 6. The lowest BCUT2D eigenvalue weighted by atomic mass is 10.4. The molecule has 1 heterocycles. The van der Waals surface area contributed by atoms with Gasteiger partial charge in [0, 0.05) is 12.6 Å². The van der Waals surface area contributed by atoms with Gasteiger partial charge in [-0.2, -0.15) is 0 Å². The van der Waals surface area contributed by atoms with Crippen LogP contribution >= 0.6 is 0 Å². The first-order chi connectivity index (χ1) is 8.65. The van der Waals surface area contributed by atoms with Gasteiger partial charge in [0.25, 0.3) is 0 Å². The quantitative estimate of drug-likeness (QED) is 0.315. The van der Waals surface area contributed by atoms with Gasteiger partial charge >= 0.3 is 5.69 Å². The van der Waals surface area contributed by atoms with Gasteiger partial charge in [0.1, 0.15) is 5.82 Å². The zero-order valence-electron chi connectivity index (χ0n) is 9.96. The fraction of sp³-hybridized carbons (Fsp3) is 0.364. The molecule has 0 atom stereocenters. The third kappa shape index (κ3) is 4.38. The van der Waals surface area contributed by atoms with E-state index in [1.165, 1.54) is 12.1 Å². The van der Waals surface area contributed by atoms with Crippen LogP contribution in [0, 0.1) is 10.1 Å². The predicted molar refractivity (Wildman–Crippen MR) is 69.4 cm³/mol. The Bertz CT molecular complexity index is 423. The first-order valence-corrected chi connectivity index (χ1v) is 5.48. The molecule has 0 aliphatic carbocycles. The van der Waals surface area contributed by atoms with Gasteiger partial charge in [-0.1, -0.05) is 6.08 Å². The molecule has 7 nitrogen and oxygen atoms in total. The maximum Gasteiger partial charge on any atom is 0.311 e. The minimum Gasteiger partial charge on any atom is -0.379 e. The molecule has 0 saturated carbocycles. The summed E-state index contributed by atoms with van der Waals surface area (Å²) in [5.74, 6) is 0.392.